The third-order valence-electron chi connectivity index (χ3n) is 3.84. The van der Waals surface area contributed by atoms with Crippen molar-refractivity contribution >= 4 is 23.3 Å². The van der Waals surface area contributed by atoms with E-state index in [0.717, 1.165) is 30.3 Å². The molecule has 0 aliphatic heterocycles. The lowest BCUT2D eigenvalue weighted by Gasteiger charge is -2.10. The Morgan fingerprint density at radius 1 is 1.10 bits per heavy atom. The molecule has 0 radical (unpaired) electrons. The van der Waals surface area contributed by atoms with Crippen molar-refractivity contribution in [1.29, 1.82) is 0 Å². The lowest BCUT2D eigenvalue weighted by atomic mass is 10.0. The highest BCUT2D eigenvalue weighted by atomic mass is 19.4. The predicted octanol–water partition coefficient (Wildman–Crippen LogP) is 4.51. The summed E-state index contributed by atoms with van der Waals surface area (Å²) in [5.74, 6) is -1.32. The molecule has 0 spiro atoms. The molecule has 0 amide bonds. The van der Waals surface area contributed by atoms with Crippen LogP contribution in [0.2, 0.25) is 0 Å². The number of halogens is 3. The molecule has 2 aromatic carbocycles. The van der Waals surface area contributed by atoms with Gasteiger partial charge in [-0.3, -0.25) is 10.1 Å². The predicted molar refractivity (Wildman–Crippen MR) is 95.8 cm³/mol. The van der Waals surface area contributed by atoms with Gasteiger partial charge in [-0.25, -0.2) is 14.8 Å². The normalized spacial score (nSPS) is 11.1. The first kappa shape index (κ1) is 19.7. The lowest BCUT2D eigenvalue weighted by Crippen LogP contribution is -2.05. The summed E-state index contributed by atoms with van der Waals surface area (Å²) < 4.78 is 37.9. The van der Waals surface area contributed by atoms with Crippen LogP contribution in [0.4, 0.5) is 30.5 Å². The van der Waals surface area contributed by atoms with Crippen LogP contribution in [-0.4, -0.2) is 26.0 Å². The standard InChI is InChI=1S/C18H11F3N4O4/c19-18(20,21)10-1-3-11(4-2-10)23-17-22-8-7-15(24-17)14-9-12(25(28)29)5-6-13(14)16(26)27/h1-9H,(H,26,27)(H,22,23,24). The number of benzene rings is 2. The van der Waals surface area contributed by atoms with Crippen molar-refractivity contribution in [2.75, 3.05) is 5.32 Å². The van der Waals surface area contributed by atoms with Crippen LogP contribution in [0.1, 0.15) is 15.9 Å². The van der Waals surface area contributed by atoms with E-state index in [1.807, 2.05) is 0 Å². The largest absolute Gasteiger partial charge is 0.478 e. The van der Waals surface area contributed by atoms with Gasteiger partial charge in [-0.15, -0.1) is 0 Å². The molecule has 0 aliphatic carbocycles. The molecular formula is C18H11F3N4O4. The maximum atomic E-state index is 12.6. The zero-order valence-corrected chi connectivity index (χ0v) is 14.3. The number of alkyl halides is 3. The summed E-state index contributed by atoms with van der Waals surface area (Å²) in [4.78, 5) is 29.8. The highest BCUT2D eigenvalue weighted by molar-refractivity contribution is 5.96. The number of non-ortho nitro benzene ring substituents is 1. The van der Waals surface area contributed by atoms with Crippen molar-refractivity contribution in [2.45, 2.75) is 6.18 Å². The van der Waals surface area contributed by atoms with Gasteiger partial charge in [-0.2, -0.15) is 13.2 Å². The number of anilines is 2. The van der Waals surface area contributed by atoms with Crippen LogP contribution in [0, 0.1) is 10.1 Å². The smallest absolute Gasteiger partial charge is 0.416 e. The van der Waals surface area contributed by atoms with E-state index in [9.17, 15) is 33.2 Å². The minimum absolute atomic E-state index is 0.00423. The summed E-state index contributed by atoms with van der Waals surface area (Å²) in [6.45, 7) is 0. The second-order valence-electron chi connectivity index (χ2n) is 5.76. The molecule has 0 unspecified atom stereocenters. The Kier molecular flexibility index (Phi) is 5.13. The molecule has 29 heavy (non-hydrogen) atoms. The van der Waals surface area contributed by atoms with Gasteiger partial charge in [0.25, 0.3) is 5.69 Å². The Bertz CT molecular complexity index is 1090. The van der Waals surface area contributed by atoms with Gasteiger partial charge in [0.15, 0.2) is 0 Å². The van der Waals surface area contributed by atoms with Crippen molar-refractivity contribution in [3.05, 3.63) is 76.0 Å². The van der Waals surface area contributed by atoms with E-state index in [1.165, 1.54) is 24.4 Å². The summed E-state index contributed by atoms with van der Waals surface area (Å²) >= 11 is 0. The summed E-state index contributed by atoms with van der Waals surface area (Å²) in [5.41, 5.74) is -0.969. The van der Waals surface area contributed by atoms with Gasteiger partial charge >= 0.3 is 12.1 Å². The van der Waals surface area contributed by atoms with Crippen LogP contribution in [0.5, 0.6) is 0 Å². The number of hydrogen-bond acceptors (Lipinski definition) is 6. The first-order valence-electron chi connectivity index (χ1n) is 7.94. The minimum Gasteiger partial charge on any atom is -0.478 e. The van der Waals surface area contributed by atoms with Gasteiger partial charge in [-0.1, -0.05) is 0 Å². The van der Waals surface area contributed by atoms with Crippen LogP contribution in [-0.2, 0) is 6.18 Å². The monoisotopic (exact) mass is 404 g/mol. The molecule has 0 saturated carbocycles. The Hall–Kier alpha value is -4.02. The lowest BCUT2D eigenvalue weighted by molar-refractivity contribution is -0.384. The molecule has 0 atom stereocenters. The molecule has 2 N–H and O–H groups in total. The number of carboxylic acid groups (broad SMARTS) is 1. The van der Waals surface area contributed by atoms with E-state index in [2.05, 4.69) is 15.3 Å². The Labute approximate surface area is 160 Å². The average Bonchev–Trinajstić information content (AvgIpc) is 2.67. The molecule has 3 rings (SSSR count). The van der Waals surface area contributed by atoms with Crippen molar-refractivity contribution < 1.29 is 28.0 Å². The SMILES string of the molecule is O=C(O)c1ccc([N+](=O)[O-])cc1-c1ccnc(Nc2ccc(C(F)(F)F)cc2)n1. The summed E-state index contributed by atoms with van der Waals surface area (Å²) in [6.07, 6.45) is -3.18. The number of nitrogens with one attached hydrogen (secondary N) is 1. The van der Waals surface area contributed by atoms with E-state index in [1.54, 1.807) is 0 Å². The van der Waals surface area contributed by atoms with Gasteiger partial charge in [0.1, 0.15) is 0 Å². The highest BCUT2D eigenvalue weighted by Crippen LogP contribution is 2.31. The number of nitrogens with zero attached hydrogens (tertiary/aromatic N) is 3. The number of aromatic carboxylic acids is 1. The number of aromatic nitrogens is 2. The van der Waals surface area contributed by atoms with Gasteiger partial charge in [0.2, 0.25) is 5.95 Å². The number of carboxylic acids is 1. The van der Waals surface area contributed by atoms with Crippen molar-refractivity contribution in [1.82, 2.24) is 9.97 Å². The molecule has 11 heteroatoms. The van der Waals surface area contributed by atoms with Crippen molar-refractivity contribution in [2.24, 2.45) is 0 Å². The van der Waals surface area contributed by atoms with Gasteiger partial charge in [-0.05, 0) is 36.4 Å². The quantitative estimate of drug-likeness (QED) is 0.474. The summed E-state index contributed by atoms with van der Waals surface area (Å²) in [5, 5.41) is 23.0. The van der Waals surface area contributed by atoms with Gasteiger partial charge in [0, 0.05) is 29.6 Å². The molecule has 148 valence electrons. The zero-order chi connectivity index (χ0) is 21.2. The number of nitro groups is 1. The van der Waals surface area contributed by atoms with Crippen LogP contribution in [0.3, 0.4) is 0 Å². The first-order valence-corrected chi connectivity index (χ1v) is 7.94. The van der Waals surface area contributed by atoms with E-state index < -0.39 is 22.6 Å². The number of rotatable bonds is 5. The summed E-state index contributed by atoms with van der Waals surface area (Å²) in [6, 6.07) is 8.75. The fourth-order valence-electron chi connectivity index (χ4n) is 2.48. The number of hydrogen-bond donors (Lipinski definition) is 2. The summed E-state index contributed by atoms with van der Waals surface area (Å²) in [7, 11) is 0. The Morgan fingerprint density at radius 2 is 1.79 bits per heavy atom. The van der Waals surface area contributed by atoms with E-state index in [-0.39, 0.29) is 34.1 Å². The Balaban J connectivity index is 1.95. The molecule has 1 aromatic heterocycles. The number of nitro benzene ring substituents is 1. The van der Waals surface area contributed by atoms with Gasteiger partial charge < -0.3 is 10.4 Å². The van der Waals surface area contributed by atoms with Crippen molar-refractivity contribution in [3.63, 3.8) is 0 Å². The fraction of sp³-hybridized carbons (Fsp3) is 0.0556. The second kappa shape index (κ2) is 7.54. The molecule has 3 aromatic rings. The number of carbonyl (C=O) groups is 1. The van der Waals surface area contributed by atoms with Crippen molar-refractivity contribution in [3.8, 4) is 11.3 Å². The maximum Gasteiger partial charge on any atom is 0.416 e. The Morgan fingerprint density at radius 3 is 2.38 bits per heavy atom. The van der Waals surface area contributed by atoms with Crippen LogP contribution in [0.15, 0.2) is 54.7 Å². The topological polar surface area (TPSA) is 118 Å². The van der Waals surface area contributed by atoms with Gasteiger partial charge in [0.05, 0.1) is 21.7 Å². The van der Waals surface area contributed by atoms with Crippen LogP contribution in [0.25, 0.3) is 11.3 Å². The minimum atomic E-state index is -4.47. The molecular weight excluding hydrogens is 393 g/mol. The fourth-order valence-corrected chi connectivity index (χ4v) is 2.48. The third kappa shape index (κ3) is 4.46. The van der Waals surface area contributed by atoms with Crippen LogP contribution >= 0.6 is 0 Å². The van der Waals surface area contributed by atoms with E-state index >= 15 is 0 Å². The molecule has 0 bridgehead atoms. The highest BCUT2D eigenvalue weighted by Gasteiger charge is 2.30. The average molecular weight is 404 g/mol. The maximum absolute atomic E-state index is 12.6. The molecule has 0 saturated heterocycles. The molecule has 1 heterocycles. The third-order valence-corrected chi connectivity index (χ3v) is 3.84. The molecule has 0 fully saturated rings. The second-order valence-corrected chi connectivity index (χ2v) is 5.76. The zero-order valence-electron chi connectivity index (χ0n) is 14.3. The van der Waals surface area contributed by atoms with E-state index in [4.69, 9.17) is 0 Å². The first-order chi connectivity index (χ1) is 13.6. The molecule has 0 aliphatic rings. The van der Waals surface area contributed by atoms with E-state index in [0.29, 0.717) is 0 Å². The van der Waals surface area contributed by atoms with Crippen LogP contribution < -0.4 is 5.32 Å². The molecule has 8 nitrogen and oxygen atoms in total.